The van der Waals surface area contributed by atoms with Gasteiger partial charge in [0, 0.05) is 6.54 Å². The number of nitrogens with zero attached hydrogens (tertiary/aromatic N) is 1. The van der Waals surface area contributed by atoms with Gasteiger partial charge in [-0.1, -0.05) is 11.9 Å². The van der Waals surface area contributed by atoms with Crippen LogP contribution in [0.1, 0.15) is 18.4 Å². The fourth-order valence-electron chi connectivity index (χ4n) is 4.10. The molecule has 2 bridgehead atoms. The number of carbonyl (C=O) groups is 1. The van der Waals surface area contributed by atoms with Gasteiger partial charge in [0.05, 0.1) is 29.1 Å². The Morgan fingerprint density at radius 2 is 2.31 bits per heavy atom. The summed E-state index contributed by atoms with van der Waals surface area (Å²) in [6.45, 7) is 0.755. The minimum atomic E-state index is -0.281. The van der Waals surface area contributed by atoms with E-state index in [0.717, 1.165) is 29.3 Å². The normalized spacial score (nSPS) is 32.0. The molecule has 4 aliphatic heterocycles. The molecule has 0 radical (unpaired) electrons. The zero-order valence-electron chi connectivity index (χ0n) is 13.9. The third kappa shape index (κ3) is 2.50. The van der Waals surface area contributed by atoms with Gasteiger partial charge in [-0.3, -0.25) is 9.52 Å². The molecule has 0 spiro atoms. The standard InChI is InChI=1S/C16H18N4O3S3/c1-24-17-4-6-5-25-16-13(6)26-20-14(19-16)10-12(21)9-7-2-3-8(23-7)11(9)18-15(10)22/h5,7-9,11,17,21H,2-4H2,1H3,(H,18,22)(H,19,20). The molecule has 0 aromatic carbocycles. The number of hydrogen-bond acceptors (Lipinski definition) is 9. The van der Waals surface area contributed by atoms with Gasteiger partial charge in [-0.2, -0.15) is 0 Å². The van der Waals surface area contributed by atoms with Crippen molar-refractivity contribution in [2.24, 2.45) is 10.9 Å². The van der Waals surface area contributed by atoms with Gasteiger partial charge in [-0.05, 0) is 42.0 Å². The Morgan fingerprint density at radius 3 is 3.15 bits per heavy atom. The van der Waals surface area contributed by atoms with E-state index in [-0.39, 0.29) is 41.4 Å². The number of carbonyl (C=O) groups excluding carboxylic acids is 1. The molecule has 4 aliphatic rings. The predicted octanol–water partition coefficient (Wildman–Crippen LogP) is 2.24. The van der Waals surface area contributed by atoms with Crippen LogP contribution in [-0.2, 0) is 16.1 Å². The Hall–Kier alpha value is -1.20. The summed E-state index contributed by atoms with van der Waals surface area (Å²) in [6, 6.07) is -0.122. The number of amides is 1. The highest BCUT2D eigenvalue weighted by atomic mass is 32.2. The molecule has 1 amide bonds. The van der Waals surface area contributed by atoms with Gasteiger partial charge in [0.15, 0.2) is 5.84 Å². The zero-order valence-corrected chi connectivity index (χ0v) is 16.4. The van der Waals surface area contributed by atoms with Crippen molar-refractivity contribution in [3.05, 3.63) is 22.3 Å². The Labute approximate surface area is 163 Å². The molecule has 1 aromatic heterocycles. The van der Waals surface area contributed by atoms with Crippen molar-refractivity contribution in [3.63, 3.8) is 0 Å². The molecule has 4 N–H and O–H groups in total. The highest BCUT2D eigenvalue weighted by molar-refractivity contribution is 7.98. The molecule has 2 fully saturated rings. The molecule has 0 saturated carbocycles. The van der Waals surface area contributed by atoms with E-state index in [0.29, 0.717) is 5.84 Å². The highest BCUT2D eigenvalue weighted by Crippen LogP contribution is 2.46. The monoisotopic (exact) mass is 410 g/mol. The van der Waals surface area contributed by atoms with Crippen molar-refractivity contribution >= 4 is 52.0 Å². The van der Waals surface area contributed by atoms with Crippen LogP contribution < -0.4 is 14.8 Å². The molecule has 4 unspecified atom stereocenters. The molecule has 5 heterocycles. The van der Waals surface area contributed by atoms with Gasteiger partial charge in [-0.15, -0.1) is 11.3 Å². The lowest BCUT2D eigenvalue weighted by Crippen LogP contribution is -2.53. The summed E-state index contributed by atoms with van der Waals surface area (Å²) in [5.74, 6) is 0.0880. The first-order valence-electron chi connectivity index (χ1n) is 8.45. The number of amidine groups is 1. The summed E-state index contributed by atoms with van der Waals surface area (Å²) in [4.78, 5) is 18.3. The van der Waals surface area contributed by atoms with Crippen LogP contribution in [0.5, 0.6) is 0 Å². The zero-order chi connectivity index (χ0) is 17.8. The van der Waals surface area contributed by atoms with E-state index in [9.17, 15) is 9.90 Å². The quantitative estimate of drug-likeness (QED) is 0.566. The number of aliphatic hydroxyl groups excluding tert-OH is 1. The van der Waals surface area contributed by atoms with Crippen LogP contribution in [0.3, 0.4) is 0 Å². The molecule has 4 atom stereocenters. The molecular weight excluding hydrogens is 392 g/mol. The van der Waals surface area contributed by atoms with E-state index in [1.54, 1.807) is 23.3 Å². The molecule has 26 heavy (non-hydrogen) atoms. The SMILES string of the molecule is CSNCc1csc2c1SNC(C1=C(O)C3C4CCC(O4)C3NC1=O)=N2. The number of ether oxygens (including phenoxy) is 1. The Morgan fingerprint density at radius 1 is 1.46 bits per heavy atom. The van der Waals surface area contributed by atoms with Crippen molar-refractivity contribution in [1.29, 1.82) is 0 Å². The number of nitrogens with one attached hydrogen (secondary N) is 3. The third-order valence-corrected chi connectivity index (χ3v) is 7.71. The van der Waals surface area contributed by atoms with Crippen LogP contribution in [0.25, 0.3) is 0 Å². The van der Waals surface area contributed by atoms with Gasteiger partial charge in [0.2, 0.25) is 0 Å². The van der Waals surface area contributed by atoms with E-state index in [1.807, 2.05) is 6.26 Å². The second kappa shape index (κ2) is 6.45. The van der Waals surface area contributed by atoms with Crippen LogP contribution in [0, 0.1) is 5.92 Å². The van der Waals surface area contributed by atoms with Crippen molar-refractivity contribution in [2.75, 3.05) is 6.26 Å². The number of thiophene rings is 1. The number of rotatable bonds is 4. The number of aliphatic imine (C=N–C) groups is 1. The maximum Gasteiger partial charge on any atom is 0.258 e. The minimum absolute atomic E-state index is 0.0148. The summed E-state index contributed by atoms with van der Waals surface area (Å²) >= 11 is 4.56. The fraction of sp³-hybridized carbons (Fsp3) is 0.500. The van der Waals surface area contributed by atoms with Crippen LogP contribution in [-0.4, -0.2) is 41.4 Å². The van der Waals surface area contributed by atoms with Crippen LogP contribution >= 0.6 is 35.2 Å². The second-order valence-electron chi connectivity index (χ2n) is 6.66. The molecule has 10 heteroatoms. The van der Waals surface area contributed by atoms with Crippen LogP contribution in [0.4, 0.5) is 5.00 Å². The van der Waals surface area contributed by atoms with E-state index >= 15 is 0 Å². The predicted molar refractivity (Wildman–Crippen MR) is 104 cm³/mol. The average Bonchev–Trinajstić information content (AvgIpc) is 3.34. The van der Waals surface area contributed by atoms with Gasteiger partial charge >= 0.3 is 0 Å². The molecule has 7 nitrogen and oxygen atoms in total. The van der Waals surface area contributed by atoms with Crippen molar-refractivity contribution in [1.82, 2.24) is 14.8 Å². The van der Waals surface area contributed by atoms with Crippen LogP contribution in [0.15, 0.2) is 26.6 Å². The first-order chi connectivity index (χ1) is 12.7. The lowest BCUT2D eigenvalue weighted by atomic mass is 9.79. The van der Waals surface area contributed by atoms with E-state index in [2.05, 4.69) is 25.1 Å². The summed E-state index contributed by atoms with van der Waals surface area (Å²) in [6.07, 6.45) is 3.86. The second-order valence-corrected chi connectivity index (χ2v) is 9.03. The van der Waals surface area contributed by atoms with Gasteiger partial charge in [-0.25, -0.2) is 4.99 Å². The summed E-state index contributed by atoms with van der Waals surface area (Å²) in [5, 5.41) is 16.8. The largest absolute Gasteiger partial charge is 0.511 e. The number of aliphatic hydroxyl groups is 1. The molecule has 0 aliphatic carbocycles. The molecule has 2 saturated heterocycles. The maximum atomic E-state index is 12.7. The Kier molecular flexibility index (Phi) is 4.20. The van der Waals surface area contributed by atoms with Gasteiger partial charge in [0.25, 0.3) is 5.91 Å². The first kappa shape index (κ1) is 16.9. The molecule has 5 rings (SSSR count). The van der Waals surface area contributed by atoms with E-state index in [4.69, 9.17) is 4.74 Å². The van der Waals surface area contributed by atoms with Crippen LogP contribution in [0.2, 0.25) is 0 Å². The molecular formula is C16H18N4O3S3. The van der Waals surface area contributed by atoms with Crippen molar-refractivity contribution < 1.29 is 14.6 Å². The maximum absolute atomic E-state index is 12.7. The number of hydrogen-bond donors (Lipinski definition) is 4. The minimum Gasteiger partial charge on any atom is -0.511 e. The Bertz CT molecular complexity index is 837. The van der Waals surface area contributed by atoms with E-state index in [1.165, 1.54) is 17.5 Å². The van der Waals surface area contributed by atoms with Crippen molar-refractivity contribution in [2.45, 2.75) is 42.5 Å². The Balaban J connectivity index is 1.49. The summed E-state index contributed by atoms with van der Waals surface area (Å²) in [7, 11) is 0. The van der Waals surface area contributed by atoms with Gasteiger partial charge < -0.3 is 19.9 Å². The lowest BCUT2D eigenvalue weighted by Gasteiger charge is -2.34. The summed E-state index contributed by atoms with van der Waals surface area (Å²) in [5.41, 5.74) is 1.42. The highest BCUT2D eigenvalue weighted by Gasteiger charge is 2.55. The summed E-state index contributed by atoms with van der Waals surface area (Å²) < 4.78 is 12.3. The topological polar surface area (TPSA) is 95.0 Å². The average molecular weight is 411 g/mol. The fourth-order valence-corrected chi connectivity index (χ4v) is 6.33. The molecule has 1 aromatic rings. The lowest BCUT2D eigenvalue weighted by molar-refractivity contribution is -0.119. The van der Waals surface area contributed by atoms with E-state index < -0.39 is 0 Å². The van der Waals surface area contributed by atoms with Crippen molar-refractivity contribution in [3.8, 4) is 0 Å². The first-order valence-corrected chi connectivity index (χ1v) is 11.4. The molecule has 138 valence electrons. The van der Waals surface area contributed by atoms with Gasteiger partial charge in [0.1, 0.15) is 16.3 Å². The smallest absolute Gasteiger partial charge is 0.258 e. The third-order valence-electron chi connectivity index (χ3n) is 5.28. The number of fused-ring (bicyclic) bond motifs is 6.